The summed E-state index contributed by atoms with van der Waals surface area (Å²) in [5.74, 6) is -0.307. The number of rotatable bonds is 6. The molecule has 1 N–H and O–H groups in total. The van der Waals surface area contributed by atoms with E-state index in [0.717, 1.165) is 29.5 Å². The second kappa shape index (κ2) is 7.60. The van der Waals surface area contributed by atoms with E-state index < -0.39 is 0 Å². The van der Waals surface area contributed by atoms with Gasteiger partial charge in [-0.05, 0) is 49.9 Å². The van der Waals surface area contributed by atoms with Gasteiger partial charge in [0.15, 0.2) is 0 Å². The summed E-state index contributed by atoms with van der Waals surface area (Å²) in [7, 11) is 1.39. The zero-order valence-electron chi connectivity index (χ0n) is 11.7. The van der Waals surface area contributed by atoms with E-state index in [-0.39, 0.29) is 5.97 Å². The number of nitrogens with one attached hydrogen (secondary N) is 1. The molecule has 0 aliphatic heterocycles. The fraction of sp³-hybridized carbons (Fsp3) is 0.438. The molecule has 0 bridgehead atoms. The summed E-state index contributed by atoms with van der Waals surface area (Å²) in [6, 6.07) is 5.56. The zero-order chi connectivity index (χ0) is 14.4. The van der Waals surface area contributed by atoms with E-state index in [4.69, 9.17) is 4.74 Å². The molecule has 20 heavy (non-hydrogen) atoms. The topological polar surface area (TPSA) is 38.3 Å². The minimum Gasteiger partial charge on any atom is -0.465 e. The number of hydrogen-bond donors (Lipinski definition) is 1. The van der Waals surface area contributed by atoms with Crippen molar-refractivity contribution in [3.63, 3.8) is 0 Å². The Balaban J connectivity index is 1.82. The van der Waals surface area contributed by atoms with Crippen LogP contribution in [-0.4, -0.2) is 19.6 Å². The Kier molecular flexibility index (Phi) is 5.80. The minimum atomic E-state index is -0.307. The first kappa shape index (κ1) is 15.3. The van der Waals surface area contributed by atoms with E-state index in [9.17, 15) is 4.79 Å². The molecule has 4 heteroatoms. The molecule has 0 saturated carbocycles. The highest BCUT2D eigenvalue weighted by atomic mass is 79.9. The normalized spacial score (nSPS) is 14.2. The number of methoxy groups -OCH3 is 1. The van der Waals surface area contributed by atoms with Gasteiger partial charge in [-0.3, -0.25) is 0 Å². The predicted molar refractivity (Wildman–Crippen MR) is 83.7 cm³/mol. The number of carbonyl (C=O) groups excluding carboxylic acids is 1. The third-order valence-corrected chi connectivity index (χ3v) is 4.29. The molecule has 0 amide bonds. The van der Waals surface area contributed by atoms with Crippen LogP contribution in [-0.2, 0) is 11.3 Å². The molecule has 0 unspecified atom stereocenters. The quantitative estimate of drug-likeness (QED) is 0.487. The highest BCUT2D eigenvalue weighted by Gasteiger charge is 2.08. The number of halogens is 1. The van der Waals surface area contributed by atoms with E-state index in [1.54, 1.807) is 11.6 Å². The van der Waals surface area contributed by atoms with Gasteiger partial charge in [-0.25, -0.2) is 4.79 Å². The van der Waals surface area contributed by atoms with Crippen LogP contribution in [0, 0.1) is 0 Å². The van der Waals surface area contributed by atoms with Gasteiger partial charge in [0, 0.05) is 11.0 Å². The van der Waals surface area contributed by atoms with Gasteiger partial charge in [0.2, 0.25) is 0 Å². The second-order valence-electron chi connectivity index (χ2n) is 4.98. The Labute approximate surface area is 128 Å². The van der Waals surface area contributed by atoms with Crippen molar-refractivity contribution in [3.8, 4) is 0 Å². The van der Waals surface area contributed by atoms with Gasteiger partial charge in [0.05, 0.1) is 12.7 Å². The van der Waals surface area contributed by atoms with Gasteiger partial charge in [-0.1, -0.05) is 33.6 Å². The maximum absolute atomic E-state index is 11.4. The molecule has 0 radical (unpaired) electrons. The molecule has 1 aromatic carbocycles. The van der Waals surface area contributed by atoms with Crippen molar-refractivity contribution >= 4 is 21.9 Å². The summed E-state index contributed by atoms with van der Waals surface area (Å²) in [5, 5.41) is 3.45. The fourth-order valence-electron chi connectivity index (χ4n) is 2.37. The first-order chi connectivity index (χ1) is 9.70. The summed E-state index contributed by atoms with van der Waals surface area (Å²) in [6.45, 7) is 1.80. The Hall–Kier alpha value is -1.13. The summed E-state index contributed by atoms with van der Waals surface area (Å²) in [4.78, 5) is 11.4. The molecule has 0 aromatic heterocycles. The molecular weight excluding hydrogens is 318 g/mol. The third-order valence-electron chi connectivity index (χ3n) is 3.55. The molecule has 0 spiro atoms. The van der Waals surface area contributed by atoms with Gasteiger partial charge in [0.1, 0.15) is 0 Å². The Bertz CT molecular complexity index is 511. The number of allylic oxidation sites excluding steroid dienone is 1. The second-order valence-corrected chi connectivity index (χ2v) is 5.83. The average molecular weight is 338 g/mol. The van der Waals surface area contributed by atoms with Crippen molar-refractivity contribution in [1.29, 1.82) is 0 Å². The van der Waals surface area contributed by atoms with Crippen LogP contribution in [0.5, 0.6) is 0 Å². The van der Waals surface area contributed by atoms with Crippen LogP contribution in [0.2, 0.25) is 0 Å². The van der Waals surface area contributed by atoms with Crippen molar-refractivity contribution in [1.82, 2.24) is 5.32 Å². The lowest BCUT2D eigenvalue weighted by atomic mass is 10.1. The van der Waals surface area contributed by atoms with Crippen molar-refractivity contribution in [2.24, 2.45) is 0 Å². The molecule has 108 valence electrons. The largest absolute Gasteiger partial charge is 0.465 e. The Morgan fingerprint density at radius 2 is 2.30 bits per heavy atom. The van der Waals surface area contributed by atoms with Gasteiger partial charge in [-0.2, -0.15) is 0 Å². The van der Waals surface area contributed by atoms with Crippen molar-refractivity contribution in [2.45, 2.75) is 32.2 Å². The number of hydrogen-bond acceptors (Lipinski definition) is 3. The molecule has 2 rings (SSSR count). The van der Waals surface area contributed by atoms with Gasteiger partial charge in [0.25, 0.3) is 0 Å². The number of ether oxygens (including phenoxy) is 1. The van der Waals surface area contributed by atoms with Crippen LogP contribution in [0.3, 0.4) is 0 Å². The van der Waals surface area contributed by atoms with Crippen molar-refractivity contribution in [2.75, 3.05) is 13.7 Å². The van der Waals surface area contributed by atoms with Gasteiger partial charge in [-0.15, -0.1) is 0 Å². The number of esters is 1. The number of benzene rings is 1. The van der Waals surface area contributed by atoms with Gasteiger partial charge < -0.3 is 10.1 Å². The monoisotopic (exact) mass is 337 g/mol. The third kappa shape index (κ3) is 4.18. The van der Waals surface area contributed by atoms with Crippen molar-refractivity contribution in [3.05, 3.63) is 45.4 Å². The van der Waals surface area contributed by atoms with Crippen LogP contribution < -0.4 is 5.32 Å². The first-order valence-corrected chi connectivity index (χ1v) is 7.75. The average Bonchev–Trinajstić information content (AvgIpc) is 2.97. The lowest BCUT2D eigenvalue weighted by Gasteiger charge is -2.09. The SMILES string of the molecule is COC(=O)c1ccc(CNCCC2=CCCC2)c(Br)c1. The maximum Gasteiger partial charge on any atom is 0.337 e. The smallest absolute Gasteiger partial charge is 0.337 e. The fourth-order valence-corrected chi connectivity index (χ4v) is 2.89. The Morgan fingerprint density at radius 1 is 1.45 bits per heavy atom. The van der Waals surface area contributed by atoms with E-state index in [0.29, 0.717) is 5.56 Å². The molecule has 1 aromatic rings. The van der Waals surface area contributed by atoms with Crippen molar-refractivity contribution < 1.29 is 9.53 Å². The molecular formula is C16H20BrNO2. The molecule has 0 heterocycles. The van der Waals surface area contributed by atoms with Crippen LogP contribution >= 0.6 is 15.9 Å². The zero-order valence-corrected chi connectivity index (χ0v) is 13.3. The van der Waals surface area contributed by atoms with E-state index in [2.05, 4.69) is 27.3 Å². The summed E-state index contributed by atoms with van der Waals surface area (Å²) in [5.41, 5.74) is 3.30. The van der Waals surface area contributed by atoms with Gasteiger partial charge >= 0.3 is 5.97 Å². The summed E-state index contributed by atoms with van der Waals surface area (Å²) in [6.07, 6.45) is 7.32. The molecule has 0 atom stereocenters. The first-order valence-electron chi connectivity index (χ1n) is 6.96. The molecule has 3 nitrogen and oxygen atoms in total. The van der Waals surface area contributed by atoms with Crippen LogP contribution in [0.25, 0.3) is 0 Å². The molecule has 0 saturated heterocycles. The lowest BCUT2D eigenvalue weighted by Crippen LogP contribution is -2.15. The van der Waals surface area contributed by atoms with Crippen LogP contribution in [0.15, 0.2) is 34.3 Å². The Morgan fingerprint density at radius 3 is 2.95 bits per heavy atom. The van der Waals surface area contributed by atoms with E-state index >= 15 is 0 Å². The molecule has 1 aliphatic rings. The standard InChI is InChI=1S/C16H20BrNO2/c1-20-16(19)13-6-7-14(15(17)10-13)11-18-9-8-12-4-2-3-5-12/h4,6-7,10,18H,2-3,5,8-9,11H2,1H3. The predicted octanol–water partition coefficient (Wildman–Crippen LogP) is 3.83. The summed E-state index contributed by atoms with van der Waals surface area (Å²) < 4.78 is 5.64. The number of carbonyl (C=O) groups is 1. The van der Waals surface area contributed by atoms with E-state index in [1.807, 2.05) is 12.1 Å². The highest BCUT2D eigenvalue weighted by molar-refractivity contribution is 9.10. The molecule has 0 fully saturated rings. The molecule has 1 aliphatic carbocycles. The highest BCUT2D eigenvalue weighted by Crippen LogP contribution is 2.21. The maximum atomic E-state index is 11.4. The summed E-state index contributed by atoms with van der Waals surface area (Å²) >= 11 is 3.50. The van der Waals surface area contributed by atoms with Crippen LogP contribution in [0.1, 0.15) is 41.6 Å². The minimum absolute atomic E-state index is 0.307. The van der Waals surface area contributed by atoms with E-state index in [1.165, 1.54) is 26.4 Å². The van der Waals surface area contributed by atoms with Crippen LogP contribution in [0.4, 0.5) is 0 Å². The lowest BCUT2D eigenvalue weighted by molar-refractivity contribution is 0.0600.